The molecule has 0 radical (unpaired) electrons. The second-order valence-electron chi connectivity index (χ2n) is 6.87. The fraction of sp³-hybridized carbons (Fsp3) is 0.421. The first kappa shape index (κ1) is 19.8. The lowest BCUT2D eigenvalue weighted by Crippen LogP contribution is -2.52. The molecule has 0 spiro atoms. The second-order valence-corrected chi connectivity index (χ2v) is 6.87. The monoisotopic (exact) mass is 392 g/mol. The van der Waals surface area contributed by atoms with E-state index in [-0.39, 0.29) is 36.3 Å². The van der Waals surface area contributed by atoms with Crippen LogP contribution in [0.15, 0.2) is 30.5 Å². The Bertz CT molecular complexity index is 871. The molecule has 2 heterocycles. The van der Waals surface area contributed by atoms with Crippen molar-refractivity contribution in [3.05, 3.63) is 47.8 Å². The molecule has 150 valence electrons. The van der Waals surface area contributed by atoms with Gasteiger partial charge in [-0.05, 0) is 38.0 Å². The predicted octanol–water partition coefficient (Wildman–Crippen LogP) is 1.89. The minimum absolute atomic E-state index is 0.0657. The van der Waals surface area contributed by atoms with E-state index in [1.807, 2.05) is 6.92 Å². The number of hydrogen-bond donors (Lipinski definition) is 1. The van der Waals surface area contributed by atoms with Crippen molar-refractivity contribution in [3.63, 3.8) is 0 Å². The molecule has 1 N–H and O–H groups in total. The first-order valence-electron chi connectivity index (χ1n) is 9.01. The number of aryl methyl sites for hydroxylation is 1. The van der Waals surface area contributed by atoms with Gasteiger partial charge in [-0.25, -0.2) is 8.78 Å². The highest BCUT2D eigenvalue weighted by Gasteiger charge is 2.30. The summed E-state index contributed by atoms with van der Waals surface area (Å²) in [6.45, 7) is 2.00. The Hall–Kier alpha value is -2.97. The highest BCUT2D eigenvalue weighted by molar-refractivity contribution is 5.92. The van der Waals surface area contributed by atoms with Gasteiger partial charge in [0, 0.05) is 37.9 Å². The van der Waals surface area contributed by atoms with Crippen LogP contribution in [0.5, 0.6) is 5.75 Å². The largest absolute Gasteiger partial charge is 0.481 e. The first-order valence-corrected chi connectivity index (χ1v) is 9.01. The van der Waals surface area contributed by atoms with Crippen molar-refractivity contribution >= 4 is 11.8 Å². The number of rotatable bonds is 5. The Morgan fingerprint density at radius 2 is 2.11 bits per heavy atom. The van der Waals surface area contributed by atoms with E-state index in [1.165, 1.54) is 0 Å². The molecule has 0 bridgehead atoms. The topological polar surface area (TPSA) is 76.5 Å². The number of piperidine rings is 1. The van der Waals surface area contributed by atoms with Crippen molar-refractivity contribution in [2.24, 2.45) is 7.05 Å². The van der Waals surface area contributed by atoms with Crippen LogP contribution < -0.4 is 10.1 Å². The summed E-state index contributed by atoms with van der Waals surface area (Å²) in [5, 5.41) is 7.01. The third-order valence-corrected chi connectivity index (χ3v) is 4.72. The molecule has 7 nitrogen and oxygen atoms in total. The molecule has 3 rings (SSSR count). The van der Waals surface area contributed by atoms with Gasteiger partial charge in [-0.2, -0.15) is 5.10 Å². The van der Waals surface area contributed by atoms with E-state index in [9.17, 15) is 18.4 Å². The van der Waals surface area contributed by atoms with Crippen LogP contribution in [0.1, 0.15) is 30.3 Å². The Morgan fingerprint density at radius 3 is 2.75 bits per heavy atom. The molecule has 1 aliphatic rings. The van der Waals surface area contributed by atoms with E-state index in [1.54, 1.807) is 28.9 Å². The van der Waals surface area contributed by atoms with Crippen molar-refractivity contribution in [2.45, 2.75) is 31.8 Å². The molecule has 1 fully saturated rings. The van der Waals surface area contributed by atoms with Crippen LogP contribution >= 0.6 is 0 Å². The highest BCUT2D eigenvalue weighted by Crippen LogP contribution is 2.20. The van der Waals surface area contributed by atoms with Crippen molar-refractivity contribution < 1.29 is 23.1 Å². The maximum atomic E-state index is 13.6. The van der Waals surface area contributed by atoms with Crippen molar-refractivity contribution in [3.8, 4) is 5.75 Å². The maximum Gasteiger partial charge on any atom is 0.271 e. The van der Waals surface area contributed by atoms with Gasteiger partial charge in [0.25, 0.3) is 11.8 Å². The van der Waals surface area contributed by atoms with Crippen molar-refractivity contribution in [2.75, 3.05) is 13.2 Å². The number of benzene rings is 1. The van der Waals surface area contributed by atoms with E-state index in [2.05, 4.69) is 10.4 Å². The fourth-order valence-corrected chi connectivity index (χ4v) is 3.28. The lowest BCUT2D eigenvalue weighted by atomic mass is 9.98. The van der Waals surface area contributed by atoms with E-state index in [0.717, 1.165) is 12.1 Å². The smallest absolute Gasteiger partial charge is 0.271 e. The van der Waals surface area contributed by atoms with Gasteiger partial charge in [-0.3, -0.25) is 14.3 Å². The molecular formula is C19H22F2N4O3. The average Bonchev–Trinajstić information content (AvgIpc) is 3.07. The zero-order valence-electron chi connectivity index (χ0n) is 15.7. The van der Waals surface area contributed by atoms with Gasteiger partial charge in [-0.15, -0.1) is 0 Å². The minimum Gasteiger partial charge on any atom is -0.481 e. The number of carbonyl (C=O) groups excluding carboxylic acids is 2. The van der Waals surface area contributed by atoms with E-state index < -0.39 is 11.6 Å². The van der Waals surface area contributed by atoms with Crippen molar-refractivity contribution in [1.29, 1.82) is 0 Å². The number of carbonyl (C=O) groups is 2. The molecule has 1 saturated heterocycles. The normalized spacial score (nSPS) is 19.4. The number of nitrogens with one attached hydrogen (secondary N) is 1. The van der Waals surface area contributed by atoms with Gasteiger partial charge in [0.1, 0.15) is 11.5 Å². The van der Waals surface area contributed by atoms with Gasteiger partial charge in [-0.1, -0.05) is 0 Å². The van der Waals surface area contributed by atoms with Gasteiger partial charge in [0.05, 0.1) is 0 Å². The third-order valence-electron chi connectivity index (χ3n) is 4.72. The van der Waals surface area contributed by atoms with Crippen LogP contribution in [0.25, 0.3) is 0 Å². The summed E-state index contributed by atoms with van der Waals surface area (Å²) in [6, 6.07) is 4.39. The summed E-state index contributed by atoms with van der Waals surface area (Å²) in [6.07, 6.45) is 2.89. The molecule has 9 heteroatoms. The summed E-state index contributed by atoms with van der Waals surface area (Å²) in [4.78, 5) is 26.3. The van der Waals surface area contributed by atoms with Crippen LogP contribution in [0, 0.1) is 11.6 Å². The number of likely N-dealkylation sites (tertiary alicyclic amines) is 1. The maximum absolute atomic E-state index is 13.6. The lowest BCUT2D eigenvalue weighted by Gasteiger charge is -2.37. The van der Waals surface area contributed by atoms with Crippen LogP contribution in [0.4, 0.5) is 8.78 Å². The lowest BCUT2D eigenvalue weighted by molar-refractivity contribution is -0.136. The number of amides is 2. The fourth-order valence-electron chi connectivity index (χ4n) is 3.28. The van der Waals surface area contributed by atoms with E-state index in [4.69, 9.17) is 4.74 Å². The standard InChI is InChI=1S/C19H22F2N4O3/c1-12-9-14(22-19(27)16-6-7-24(2)23-16)5-8-25(12)18(26)11-28-17-4-3-13(20)10-15(17)21/h3-4,6-7,10,12,14H,5,8-9,11H2,1-2H3,(H,22,27)/t12-,14+/m1/s1. The molecule has 1 aromatic heterocycles. The number of aromatic nitrogens is 2. The number of halogens is 2. The Balaban J connectivity index is 1.50. The minimum atomic E-state index is -0.850. The average molecular weight is 392 g/mol. The Kier molecular flexibility index (Phi) is 5.91. The SMILES string of the molecule is C[C@@H]1C[C@@H](NC(=O)c2ccn(C)n2)CCN1C(=O)COc1ccc(F)cc1F. The molecule has 0 unspecified atom stereocenters. The number of nitrogens with zero attached hydrogens (tertiary/aromatic N) is 3. The summed E-state index contributed by atoms with van der Waals surface area (Å²) in [7, 11) is 1.74. The summed E-state index contributed by atoms with van der Waals surface area (Å²) in [5.74, 6) is -2.25. The number of hydrogen-bond acceptors (Lipinski definition) is 4. The Morgan fingerprint density at radius 1 is 1.32 bits per heavy atom. The highest BCUT2D eigenvalue weighted by atomic mass is 19.1. The quantitative estimate of drug-likeness (QED) is 0.843. The van der Waals surface area contributed by atoms with Crippen LogP contribution in [-0.4, -0.2) is 51.7 Å². The van der Waals surface area contributed by atoms with Gasteiger partial charge in [0.2, 0.25) is 0 Å². The van der Waals surface area contributed by atoms with Gasteiger partial charge in [0.15, 0.2) is 18.2 Å². The van der Waals surface area contributed by atoms with Gasteiger partial charge < -0.3 is 15.0 Å². The molecule has 0 saturated carbocycles. The molecule has 0 aliphatic carbocycles. The summed E-state index contributed by atoms with van der Waals surface area (Å²) in [5.41, 5.74) is 0.350. The van der Waals surface area contributed by atoms with E-state index in [0.29, 0.717) is 31.1 Å². The predicted molar refractivity (Wildman–Crippen MR) is 96.7 cm³/mol. The zero-order chi connectivity index (χ0) is 20.3. The molecular weight excluding hydrogens is 370 g/mol. The second kappa shape index (κ2) is 8.37. The Labute approximate surface area is 161 Å². The van der Waals surface area contributed by atoms with Crippen molar-refractivity contribution in [1.82, 2.24) is 20.0 Å². The molecule has 1 aromatic carbocycles. The third kappa shape index (κ3) is 4.65. The first-order chi connectivity index (χ1) is 13.3. The van der Waals surface area contributed by atoms with Crippen LogP contribution in [0.3, 0.4) is 0 Å². The van der Waals surface area contributed by atoms with Gasteiger partial charge >= 0.3 is 0 Å². The zero-order valence-corrected chi connectivity index (χ0v) is 15.7. The van der Waals surface area contributed by atoms with Crippen LogP contribution in [-0.2, 0) is 11.8 Å². The molecule has 1 aliphatic heterocycles. The summed E-state index contributed by atoms with van der Waals surface area (Å²) >= 11 is 0. The van der Waals surface area contributed by atoms with Crippen LogP contribution in [0.2, 0.25) is 0 Å². The van der Waals surface area contributed by atoms with E-state index >= 15 is 0 Å². The summed E-state index contributed by atoms with van der Waals surface area (Å²) < 4.78 is 33.3. The molecule has 2 atom stereocenters. The molecule has 2 aromatic rings. The number of ether oxygens (including phenoxy) is 1. The molecule has 2 amide bonds. The molecule has 28 heavy (non-hydrogen) atoms.